The first-order valence-electron chi connectivity index (χ1n) is 6.61. The van der Waals surface area contributed by atoms with E-state index in [0.717, 1.165) is 42.7 Å². The van der Waals surface area contributed by atoms with Gasteiger partial charge in [0.05, 0.1) is 10.7 Å². The topological polar surface area (TPSA) is 54.5 Å². The molecule has 0 bridgehead atoms. The third-order valence-corrected chi connectivity index (χ3v) is 4.24. The molecule has 1 aromatic heterocycles. The highest BCUT2D eigenvalue weighted by Gasteiger charge is 2.16. The zero-order valence-electron chi connectivity index (χ0n) is 11.2. The number of likely N-dealkylation sites (tertiary alicyclic amines) is 1. The van der Waals surface area contributed by atoms with E-state index in [2.05, 4.69) is 27.2 Å². The number of nitrogens with two attached hydrogens (primary N) is 1. The number of aliphatic imine (C=N–C) groups is 1. The lowest BCUT2D eigenvalue weighted by atomic mass is 10.00. The molecule has 0 unspecified atom stereocenters. The van der Waals surface area contributed by atoms with Crippen molar-refractivity contribution in [3.05, 3.63) is 16.1 Å². The van der Waals surface area contributed by atoms with Crippen LogP contribution in [-0.4, -0.2) is 35.5 Å². The predicted octanol–water partition coefficient (Wildman–Crippen LogP) is 2.04. The number of hydrogen-bond donors (Lipinski definition) is 1. The first-order valence-corrected chi connectivity index (χ1v) is 7.49. The van der Waals surface area contributed by atoms with E-state index >= 15 is 0 Å². The largest absolute Gasteiger partial charge is 0.370 e. The van der Waals surface area contributed by atoms with E-state index in [9.17, 15) is 0 Å². The minimum atomic E-state index is 0.703. The second-order valence-corrected chi connectivity index (χ2v) is 6.08. The summed E-state index contributed by atoms with van der Waals surface area (Å²) in [5, 5.41) is 3.22. The van der Waals surface area contributed by atoms with Crippen molar-refractivity contribution < 1.29 is 0 Å². The van der Waals surface area contributed by atoms with Crippen LogP contribution in [0.3, 0.4) is 0 Å². The van der Waals surface area contributed by atoms with Crippen molar-refractivity contribution in [3.8, 4) is 0 Å². The van der Waals surface area contributed by atoms with Crippen molar-refractivity contribution in [1.29, 1.82) is 0 Å². The van der Waals surface area contributed by atoms with Gasteiger partial charge in [0.15, 0.2) is 5.96 Å². The van der Waals surface area contributed by atoms with Gasteiger partial charge in [0.1, 0.15) is 0 Å². The molecule has 1 saturated heterocycles. The molecule has 2 rings (SSSR count). The minimum Gasteiger partial charge on any atom is -0.370 e. The maximum absolute atomic E-state index is 6.02. The first kappa shape index (κ1) is 13.3. The zero-order chi connectivity index (χ0) is 13.0. The summed E-state index contributed by atoms with van der Waals surface area (Å²) in [6.07, 6.45) is 3.33. The van der Waals surface area contributed by atoms with Gasteiger partial charge in [0.25, 0.3) is 0 Å². The Hall–Kier alpha value is -1.10. The average molecular weight is 266 g/mol. The number of thiazole rings is 1. The molecule has 0 amide bonds. The fourth-order valence-corrected chi connectivity index (χ4v) is 2.79. The number of rotatable bonds is 3. The van der Waals surface area contributed by atoms with Crippen LogP contribution < -0.4 is 5.73 Å². The molecule has 0 spiro atoms. The van der Waals surface area contributed by atoms with Crippen molar-refractivity contribution in [3.63, 3.8) is 0 Å². The number of aryl methyl sites for hydroxylation is 1. The number of aromatic nitrogens is 1. The van der Waals surface area contributed by atoms with Crippen molar-refractivity contribution in [2.24, 2.45) is 16.6 Å². The van der Waals surface area contributed by atoms with Crippen LogP contribution in [0.4, 0.5) is 0 Å². The molecular formula is C13H22N4S. The molecule has 0 aliphatic carbocycles. The van der Waals surface area contributed by atoms with E-state index in [0.29, 0.717) is 5.96 Å². The smallest absolute Gasteiger partial charge is 0.191 e. The standard InChI is InChI=1S/C13H22N4S/c1-10-4-7-17(8-5-10)13(14)15-6-3-12-9-18-11(2)16-12/h9-10H,3-8H2,1-2H3,(H2,14,15). The van der Waals surface area contributed by atoms with Gasteiger partial charge in [-0.2, -0.15) is 0 Å². The Bertz CT molecular complexity index is 405. The Morgan fingerprint density at radius 1 is 1.56 bits per heavy atom. The zero-order valence-corrected chi connectivity index (χ0v) is 12.0. The lowest BCUT2D eigenvalue weighted by molar-refractivity contribution is 0.277. The summed E-state index contributed by atoms with van der Waals surface area (Å²) in [5.41, 5.74) is 7.15. The van der Waals surface area contributed by atoms with Gasteiger partial charge in [-0.05, 0) is 25.7 Å². The van der Waals surface area contributed by atoms with Gasteiger partial charge in [-0.15, -0.1) is 11.3 Å². The fraction of sp³-hybridized carbons (Fsp3) is 0.692. The molecule has 5 heteroatoms. The lowest BCUT2D eigenvalue weighted by Gasteiger charge is -2.31. The summed E-state index contributed by atoms with van der Waals surface area (Å²) >= 11 is 1.69. The maximum Gasteiger partial charge on any atom is 0.191 e. The quantitative estimate of drug-likeness (QED) is 0.673. The third kappa shape index (κ3) is 3.70. The monoisotopic (exact) mass is 266 g/mol. The van der Waals surface area contributed by atoms with Gasteiger partial charge in [-0.3, -0.25) is 4.99 Å². The molecule has 2 heterocycles. The highest BCUT2D eigenvalue weighted by molar-refractivity contribution is 7.09. The van der Waals surface area contributed by atoms with Crippen molar-refractivity contribution in [1.82, 2.24) is 9.88 Å². The van der Waals surface area contributed by atoms with E-state index in [1.165, 1.54) is 12.8 Å². The van der Waals surface area contributed by atoms with Crippen molar-refractivity contribution >= 4 is 17.3 Å². The molecule has 0 aromatic carbocycles. The Balaban J connectivity index is 1.78. The maximum atomic E-state index is 6.02. The third-order valence-electron chi connectivity index (χ3n) is 3.42. The van der Waals surface area contributed by atoms with E-state index in [4.69, 9.17) is 5.73 Å². The van der Waals surface area contributed by atoms with Gasteiger partial charge in [-0.25, -0.2) is 4.98 Å². The normalized spacial score (nSPS) is 18.3. The first-order chi connectivity index (χ1) is 8.65. The second kappa shape index (κ2) is 6.18. The molecule has 1 fully saturated rings. The van der Waals surface area contributed by atoms with Gasteiger partial charge in [0.2, 0.25) is 0 Å². The van der Waals surface area contributed by atoms with Gasteiger partial charge in [-0.1, -0.05) is 6.92 Å². The summed E-state index contributed by atoms with van der Waals surface area (Å²) in [7, 11) is 0. The van der Waals surface area contributed by atoms with Crippen molar-refractivity contribution in [2.75, 3.05) is 19.6 Å². The van der Waals surface area contributed by atoms with Crippen LogP contribution in [-0.2, 0) is 6.42 Å². The summed E-state index contributed by atoms with van der Waals surface area (Å²) < 4.78 is 0. The summed E-state index contributed by atoms with van der Waals surface area (Å²) in [4.78, 5) is 11.1. The van der Waals surface area contributed by atoms with Gasteiger partial charge < -0.3 is 10.6 Å². The van der Waals surface area contributed by atoms with Crippen molar-refractivity contribution in [2.45, 2.75) is 33.1 Å². The Kier molecular flexibility index (Phi) is 4.58. The van der Waals surface area contributed by atoms with Crippen LogP contribution in [0.25, 0.3) is 0 Å². The molecular weight excluding hydrogens is 244 g/mol. The van der Waals surface area contributed by atoms with E-state index < -0.39 is 0 Å². The number of nitrogens with zero attached hydrogens (tertiary/aromatic N) is 3. The highest BCUT2D eigenvalue weighted by Crippen LogP contribution is 2.15. The molecule has 1 aliphatic rings. The molecule has 0 atom stereocenters. The van der Waals surface area contributed by atoms with Gasteiger partial charge >= 0.3 is 0 Å². The number of guanidine groups is 1. The van der Waals surface area contributed by atoms with E-state index in [1.54, 1.807) is 11.3 Å². The summed E-state index contributed by atoms with van der Waals surface area (Å²) in [5.74, 6) is 1.53. The predicted molar refractivity (Wildman–Crippen MR) is 77.0 cm³/mol. The SMILES string of the molecule is Cc1nc(CCN=C(N)N2CCC(C)CC2)cs1. The molecule has 0 saturated carbocycles. The fourth-order valence-electron chi connectivity index (χ4n) is 2.15. The minimum absolute atomic E-state index is 0.703. The number of hydrogen-bond acceptors (Lipinski definition) is 3. The van der Waals surface area contributed by atoms with Crippen LogP contribution in [0.1, 0.15) is 30.5 Å². The van der Waals surface area contributed by atoms with Crippen LogP contribution >= 0.6 is 11.3 Å². The van der Waals surface area contributed by atoms with E-state index in [1.807, 2.05) is 6.92 Å². The molecule has 4 nitrogen and oxygen atoms in total. The van der Waals surface area contributed by atoms with Crippen LogP contribution in [0.15, 0.2) is 10.4 Å². The van der Waals surface area contributed by atoms with Crippen LogP contribution in [0.2, 0.25) is 0 Å². The second-order valence-electron chi connectivity index (χ2n) is 5.02. The number of piperidine rings is 1. The Morgan fingerprint density at radius 2 is 2.28 bits per heavy atom. The summed E-state index contributed by atoms with van der Waals surface area (Å²) in [6.45, 7) is 7.16. The molecule has 18 heavy (non-hydrogen) atoms. The summed E-state index contributed by atoms with van der Waals surface area (Å²) in [6, 6.07) is 0. The Morgan fingerprint density at radius 3 is 2.89 bits per heavy atom. The van der Waals surface area contributed by atoms with E-state index in [-0.39, 0.29) is 0 Å². The molecule has 100 valence electrons. The molecule has 1 aromatic rings. The highest BCUT2D eigenvalue weighted by atomic mass is 32.1. The van der Waals surface area contributed by atoms with Crippen LogP contribution in [0, 0.1) is 12.8 Å². The van der Waals surface area contributed by atoms with Gasteiger partial charge in [0, 0.05) is 31.4 Å². The average Bonchev–Trinajstić information content (AvgIpc) is 2.76. The van der Waals surface area contributed by atoms with Crippen LogP contribution in [0.5, 0.6) is 0 Å². The molecule has 1 aliphatic heterocycles. The lowest BCUT2D eigenvalue weighted by Crippen LogP contribution is -2.42. The molecule has 2 N–H and O–H groups in total. The Labute approximate surface area is 113 Å². The molecule has 0 radical (unpaired) electrons.